The molecule has 29 heavy (non-hydrogen) atoms. The minimum atomic E-state index is 0.0486. The third-order valence-corrected chi connectivity index (χ3v) is 8.34. The van der Waals surface area contributed by atoms with Gasteiger partial charge < -0.3 is 0 Å². The number of aryl methyl sites for hydroxylation is 3. The second-order valence-electron chi connectivity index (χ2n) is 7.05. The van der Waals surface area contributed by atoms with Gasteiger partial charge in [0.1, 0.15) is 4.83 Å². The van der Waals surface area contributed by atoms with E-state index < -0.39 is 0 Å². The van der Waals surface area contributed by atoms with Crippen LogP contribution in [-0.4, -0.2) is 19.2 Å². The van der Waals surface area contributed by atoms with E-state index in [-0.39, 0.29) is 5.56 Å². The molecule has 1 aliphatic rings. The maximum absolute atomic E-state index is 13.2. The number of hydrogen-bond donors (Lipinski definition) is 0. The Morgan fingerprint density at radius 3 is 2.69 bits per heavy atom. The number of thioether (sulfide) groups is 1. The maximum Gasteiger partial charge on any atom is 0.263 e. The highest BCUT2D eigenvalue weighted by Gasteiger charge is 2.24. The number of benzene rings is 1. The van der Waals surface area contributed by atoms with E-state index >= 15 is 0 Å². The quantitative estimate of drug-likeness (QED) is 0.368. The van der Waals surface area contributed by atoms with E-state index in [1.54, 1.807) is 15.9 Å². The molecular weight excluding hydrogens is 447 g/mol. The molecule has 5 rings (SSSR count). The number of thiophene rings is 1. The van der Waals surface area contributed by atoms with Crippen LogP contribution in [0.15, 0.2) is 28.2 Å². The van der Waals surface area contributed by atoms with Gasteiger partial charge in [0.15, 0.2) is 5.16 Å². The monoisotopic (exact) mass is 464 g/mol. The van der Waals surface area contributed by atoms with Crippen molar-refractivity contribution >= 4 is 62.3 Å². The molecule has 0 bridgehead atoms. The number of nitrogens with zero attached hydrogens (tertiary/aromatic N) is 4. The predicted octanol–water partition coefficient (Wildman–Crippen LogP) is 5.60. The summed E-state index contributed by atoms with van der Waals surface area (Å²) >= 11 is 15.9. The van der Waals surface area contributed by atoms with Gasteiger partial charge in [-0.1, -0.05) is 41.0 Å². The second kappa shape index (κ2) is 7.61. The Morgan fingerprint density at radius 2 is 1.93 bits per heavy atom. The van der Waals surface area contributed by atoms with Gasteiger partial charge in [-0.05, 0) is 55.9 Å². The summed E-state index contributed by atoms with van der Waals surface area (Å²) in [5.74, 6) is 1.17. The first-order chi connectivity index (χ1) is 14.1. The van der Waals surface area contributed by atoms with Gasteiger partial charge in [0.05, 0.1) is 5.39 Å². The number of fused-ring (bicyclic) bond motifs is 5. The lowest BCUT2D eigenvalue weighted by molar-refractivity contribution is 0.696. The largest absolute Gasteiger partial charge is 0.277 e. The molecule has 150 valence electrons. The fourth-order valence-electron chi connectivity index (χ4n) is 3.96. The first kappa shape index (κ1) is 19.4. The van der Waals surface area contributed by atoms with Crippen molar-refractivity contribution in [3.8, 4) is 0 Å². The van der Waals surface area contributed by atoms with Crippen LogP contribution in [0.2, 0.25) is 10.0 Å². The van der Waals surface area contributed by atoms with Gasteiger partial charge in [0, 0.05) is 27.2 Å². The van der Waals surface area contributed by atoms with Crippen molar-refractivity contribution < 1.29 is 0 Å². The Morgan fingerprint density at radius 1 is 1.17 bits per heavy atom. The molecule has 0 radical (unpaired) electrons. The summed E-state index contributed by atoms with van der Waals surface area (Å²) in [5.41, 5.74) is 2.15. The SMILES string of the molecule is CCn1c(=O)c2c3c(sc2n2c(SCc4c(Cl)cccc4Cl)nnc12)CCCC3. The summed E-state index contributed by atoms with van der Waals surface area (Å²) in [7, 11) is 0. The van der Waals surface area contributed by atoms with Gasteiger partial charge >= 0.3 is 0 Å². The summed E-state index contributed by atoms with van der Waals surface area (Å²) in [4.78, 5) is 15.5. The third-order valence-electron chi connectivity index (χ3n) is 5.40. The summed E-state index contributed by atoms with van der Waals surface area (Å²) < 4.78 is 3.77. The molecule has 0 saturated carbocycles. The summed E-state index contributed by atoms with van der Waals surface area (Å²) in [6.07, 6.45) is 4.33. The molecule has 4 aromatic rings. The number of rotatable bonds is 4. The summed E-state index contributed by atoms with van der Waals surface area (Å²) in [6.45, 7) is 2.53. The fourth-order valence-corrected chi connectivity index (χ4v) is 7.07. The first-order valence-electron chi connectivity index (χ1n) is 9.58. The lowest BCUT2D eigenvalue weighted by atomic mass is 9.97. The topological polar surface area (TPSA) is 52.2 Å². The Kier molecular flexibility index (Phi) is 5.10. The third kappa shape index (κ3) is 3.10. The second-order valence-corrected chi connectivity index (χ2v) is 9.89. The lowest BCUT2D eigenvalue weighted by Gasteiger charge is -2.11. The van der Waals surface area contributed by atoms with E-state index in [1.165, 1.54) is 28.6 Å². The number of hydrogen-bond acceptors (Lipinski definition) is 5. The summed E-state index contributed by atoms with van der Waals surface area (Å²) in [6, 6.07) is 5.52. The molecule has 0 unspecified atom stereocenters. The Bertz CT molecular complexity index is 1290. The molecule has 3 heterocycles. The van der Waals surface area contributed by atoms with Crippen LogP contribution in [0, 0.1) is 0 Å². The average Bonchev–Trinajstić information content (AvgIpc) is 3.29. The molecule has 0 amide bonds. The Labute approximate surface area is 185 Å². The van der Waals surface area contributed by atoms with Crippen molar-refractivity contribution in [3.63, 3.8) is 0 Å². The molecule has 1 aromatic carbocycles. The zero-order chi connectivity index (χ0) is 20.1. The molecule has 0 N–H and O–H groups in total. The van der Waals surface area contributed by atoms with Crippen molar-refractivity contribution in [3.05, 3.63) is 54.6 Å². The molecular formula is C20H18Cl2N4OS2. The molecule has 5 nitrogen and oxygen atoms in total. The van der Waals surface area contributed by atoms with Gasteiger partial charge in [-0.2, -0.15) is 0 Å². The Hall–Kier alpha value is -1.54. The Balaban J connectivity index is 1.69. The van der Waals surface area contributed by atoms with E-state index in [2.05, 4.69) is 10.2 Å². The highest BCUT2D eigenvalue weighted by molar-refractivity contribution is 7.98. The normalized spacial score (nSPS) is 14.0. The van der Waals surface area contributed by atoms with Crippen LogP contribution >= 0.6 is 46.3 Å². The van der Waals surface area contributed by atoms with Crippen LogP contribution < -0.4 is 5.56 Å². The number of aromatic nitrogens is 4. The molecule has 1 aliphatic carbocycles. The van der Waals surface area contributed by atoms with Gasteiger partial charge in [0.2, 0.25) is 5.78 Å². The van der Waals surface area contributed by atoms with Gasteiger partial charge in [-0.3, -0.25) is 9.36 Å². The van der Waals surface area contributed by atoms with Crippen molar-refractivity contribution in [2.24, 2.45) is 0 Å². The van der Waals surface area contributed by atoms with Crippen molar-refractivity contribution in [1.82, 2.24) is 19.2 Å². The lowest BCUT2D eigenvalue weighted by Crippen LogP contribution is -2.22. The van der Waals surface area contributed by atoms with E-state index in [4.69, 9.17) is 23.2 Å². The minimum absolute atomic E-state index is 0.0486. The molecule has 9 heteroatoms. The highest BCUT2D eigenvalue weighted by atomic mass is 35.5. The van der Waals surface area contributed by atoms with Crippen LogP contribution in [0.4, 0.5) is 0 Å². The molecule has 0 atom stereocenters. The van der Waals surface area contributed by atoms with Crippen molar-refractivity contribution in [2.45, 2.75) is 50.1 Å². The van der Waals surface area contributed by atoms with E-state index in [0.29, 0.717) is 28.1 Å². The van der Waals surface area contributed by atoms with Crippen LogP contribution in [-0.2, 0) is 25.1 Å². The molecule has 3 aromatic heterocycles. The average molecular weight is 465 g/mol. The standard InChI is InChI=1S/C20H18Cl2N4OS2/c1-2-25-17(27)16-11-6-3-4-9-15(11)29-18(16)26-19(25)23-24-20(26)28-10-12-13(21)7-5-8-14(12)22/h5,7-8H,2-4,6,9-10H2,1H3. The van der Waals surface area contributed by atoms with Gasteiger partial charge in [-0.25, -0.2) is 4.40 Å². The van der Waals surface area contributed by atoms with Gasteiger partial charge in [0.25, 0.3) is 5.56 Å². The van der Waals surface area contributed by atoms with Crippen LogP contribution in [0.25, 0.3) is 16.0 Å². The molecule has 0 fully saturated rings. The van der Waals surface area contributed by atoms with Crippen LogP contribution in [0.1, 0.15) is 35.8 Å². The van der Waals surface area contributed by atoms with Crippen molar-refractivity contribution in [2.75, 3.05) is 0 Å². The zero-order valence-electron chi connectivity index (χ0n) is 15.7. The molecule has 0 spiro atoms. The predicted molar refractivity (Wildman–Crippen MR) is 121 cm³/mol. The van der Waals surface area contributed by atoms with Crippen molar-refractivity contribution in [1.29, 1.82) is 0 Å². The van der Waals surface area contributed by atoms with Crippen LogP contribution in [0.5, 0.6) is 0 Å². The maximum atomic E-state index is 13.2. The van der Waals surface area contributed by atoms with E-state index in [9.17, 15) is 4.79 Å². The van der Waals surface area contributed by atoms with E-state index in [1.807, 2.05) is 29.5 Å². The smallest absolute Gasteiger partial charge is 0.263 e. The fraction of sp³-hybridized carbons (Fsp3) is 0.350. The van der Waals surface area contributed by atoms with Crippen LogP contribution in [0.3, 0.4) is 0 Å². The number of halogens is 2. The molecule has 0 saturated heterocycles. The zero-order valence-corrected chi connectivity index (χ0v) is 18.9. The summed E-state index contributed by atoms with van der Waals surface area (Å²) in [5, 5.41) is 11.6. The molecule has 0 aliphatic heterocycles. The minimum Gasteiger partial charge on any atom is -0.277 e. The highest BCUT2D eigenvalue weighted by Crippen LogP contribution is 2.37. The van der Waals surface area contributed by atoms with E-state index in [0.717, 1.165) is 40.2 Å². The first-order valence-corrected chi connectivity index (χ1v) is 12.1. The van der Waals surface area contributed by atoms with Gasteiger partial charge in [-0.15, -0.1) is 21.5 Å².